The van der Waals surface area contributed by atoms with Gasteiger partial charge in [-0.1, -0.05) is 6.07 Å². The number of nitrogens with zero attached hydrogens (tertiary/aromatic N) is 2. The molecular weight excluding hydrogens is 287 g/mol. The number of fused-ring (bicyclic) bond motifs is 1. The highest BCUT2D eigenvalue weighted by Gasteiger charge is 2.35. The SMILES string of the molecule is O=C(O)CCC1OB(O)c2cc(Oc3ncccn3)ccc21. The number of hydrogen-bond acceptors (Lipinski definition) is 6. The zero-order chi connectivity index (χ0) is 15.5. The number of aliphatic carboxylic acids is 1. The molecule has 22 heavy (non-hydrogen) atoms. The van der Waals surface area contributed by atoms with E-state index in [-0.39, 0.29) is 12.4 Å². The fourth-order valence-corrected chi connectivity index (χ4v) is 2.35. The van der Waals surface area contributed by atoms with E-state index in [2.05, 4.69) is 9.97 Å². The van der Waals surface area contributed by atoms with Crippen LogP contribution >= 0.6 is 0 Å². The Morgan fingerprint density at radius 2 is 2.14 bits per heavy atom. The maximum absolute atomic E-state index is 10.7. The van der Waals surface area contributed by atoms with E-state index < -0.39 is 19.2 Å². The van der Waals surface area contributed by atoms with Crippen LogP contribution in [0.5, 0.6) is 11.8 Å². The summed E-state index contributed by atoms with van der Waals surface area (Å²) in [7, 11) is -1.09. The maximum atomic E-state index is 10.7. The number of ether oxygens (including phenoxy) is 1. The molecule has 0 saturated carbocycles. The summed E-state index contributed by atoms with van der Waals surface area (Å²) in [6, 6.07) is 7.01. The molecule has 1 aromatic carbocycles. The molecule has 0 bridgehead atoms. The lowest BCUT2D eigenvalue weighted by molar-refractivity contribution is -0.137. The number of aromatic nitrogens is 2. The molecule has 0 amide bonds. The van der Waals surface area contributed by atoms with Crippen LogP contribution in [-0.4, -0.2) is 33.2 Å². The molecule has 1 atom stereocenters. The Morgan fingerprint density at radius 3 is 2.86 bits per heavy atom. The standard InChI is InChI=1S/C14H13BN2O5/c18-13(19)5-4-12-10-3-2-9(8-11(10)15(20)22-12)21-14-16-6-1-7-17-14/h1-3,6-8,12,20H,4-5H2,(H,18,19). The molecule has 2 aromatic rings. The maximum Gasteiger partial charge on any atom is 0.492 e. The molecule has 7 nitrogen and oxygen atoms in total. The summed E-state index contributed by atoms with van der Waals surface area (Å²) in [5, 5.41) is 18.7. The summed E-state index contributed by atoms with van der Waals surface area (Å²) in [5.74, 6) is -0.417. The van der Waals surface area contributed by atoms with Gasteiger partial charge >= 0.3 is 19.1 Å². The summed E-state index contributed by atoms with van der Waals surface area (Å²) in [6.07, 6.45) is 2.99. The zero-order valence-electron chi connectivity index (χ0n) is 11.5. The first kappa shape index (κ1) is 14.5. The van der Waals surface area contributed by atoms with Crippen LogP contribution in [0.2, 0.25) is 0 Å². The lowest BCUT2D eigenvalue weighted by atomic mass is 9.79. The molecule has 0 fully saturated rings. The Labute approximate surface area is 126 Å². The smallest absolute Gasteiger partial charge is 0.481 e. The quantitative estimate of drug-likeness (QED) is 0.791. The van der Waals surface area contributed by atoms with Gasteiger partial charge in [0.15, 0.2) is 0 Å². The van der Waals surface area contributed by atoms with Crippen molar-refractivity contribution in [1.82, 2.24) is 9.97 Å². The third-order valence-corrected chi connectivity index (χ3v) is 3.34. The third-order valence-electron chi connectivity index (χ3n) is 3.34. The Balaban J connectivity index is 1.78. The van der Waals surface area contributed by atoms with Gasteiger partial charge in [0.2, 0.25) is 0 Å². The molecule has 8 heteroatoms. The van der Waals surface area contributed by atoms with E-state index in [0.29, 0.717) is 17.6 Å². The number of carboxylic acids is 1. The highest BCUT2D eigenvalue weighted by atomic mass is 16.5. The monoisotopic (exact) mass is 300 g/mol. The van der Waals surface area contributed by atoms with Crippen LogP contribution in [0.25, 0.3) is 0 Å². The first-order valence-electron chi connectivity index (χ1n) is 6.77. The topological polar surface area (TPSA) is 102 Å². The van der Waals surface area contributed by atoms with Gasteiger partial charge < -0.3 is 19.5 Å². The Kier molecular flexibility index (Phi) is 4.03. The molecule has 1 aliphatic heterocycles. The summed E-state index contributed by atoms with van der Waals surface area (Å²) in [5.41, 5.74) is 1.35. The minimum absolute atomic E-state index is 0.0209. The van der Waals surface area contributed by atoms with E-state index in [1.165, 1.54) is 0 Å². The third kappa shape index (κ3) is 3.08. The van der Waals surface area contributed by atoms with Crippen molar-refractivity contribution in [1.29, 1.82) is 0 Å². The van der Waals surface area contributed by atoms with Crippen molar-refractivity contribution in [2.75, 3.05) is 0 Å². The molecule has 3 rings (SSSR count). The number of hydrogen-bond donors (Lipinski definition) is 2. The Hall–Kier alpha value is -2.45. The van der Waals surface area contributed by atoms with Gasteiger partial charge in [-0.2, -0.15) is 0 Å². The Morgan fingerprint density at radius 1 is 1.36 bits per heavy atom. The zero-order valence-corrected chi connectivity index (χ0v) is 11.5. The normalized spacial score (nSPS) is 16.4. The molecule has 0 aliphatic carbocycles. The van der Waals surface area contributed by atoms with Gasteiger partial charge in [-0.25, -0.2) is 9.97 Å². The number of carbonyl (C=O) groups is 1. The Bertz CT molecular complexity index is 682. The van der Waals surface area contributed by atoms with Gasteiger partial charge in [0.25, 0.3) is 0 Å². The predicted octanol–water partition coefficient (Wildman–Crippen LogP) is 0.892. The van der Waals surface area contributed by atoms with Gasteiger partial charge in [0.1, 0.15) is 5.75 Å². The highest BCUT2D eigenvalue weighted by Crippen LogP contribution is 2.30. The minimum atomic E-state index is -1.09. The second-order valence-corrected chi connectivity index (χ2v) is 4.83. The summed E-state index contributed by atoms with van der Waals surface area (Å²) >= 11 is 0. The van der Waals surface area contributed by atoms with Gasteiger partial charge in [-0.3, -0.25) is 4.79 Å². The lowest BCUT2D eigenvalue weighted by Gasteiger charge is -2.10. The second kappa shape index (κ2) is 6.12. The van der Waals surface area contributed by atoms with E-state index in [0.717, 1.165) is 5.56 Å². The van der Waals surface area contributed by atoms with Gasteiger partial charge in [-0.15, -0.1) is 0 Å². The molecule has 0 radical (unpaired) electrons. The summed E-state index contributed by atoms with van der Waals surface area (Å²) in [6.45, 7) is 0. The van der Waals surface area contributed by atoms with Gasteiger partial charge in [-0.05, 0) is 35.6 Å². The van der Waals surface area contributed by atoms with Crippen molar-refractivity contribution in [2.45, 2.75) is 18.9 Å². The fourth-order valence-electron chi connectivity index (χ4n) is 2.35. The summed E-state index contributed by atoms with van der Waals surface area (Å²) < 4.78 is 10.9. The minimum Gasteiger partial charge on any atom is -0.481 e. The molecule has 2 heterocycles. The van der Waals surface area contributed by atoms with Crippen LogP contribution in [0.3, 0.4) is 0 Å². The van der Waals surface area contributed by atoms with Gasteiger partial charge in [0.05, 0.1) is 6.10 Å². The summed E-state index contributed by atoms with van der Waals surface area (Å²) in [4.78, 5) is 18.6. The molecule has 112 valence electrons. The van der Waals surface area contributed by atoms with Gasteiger partial charge in [0, 0.05) is 18.8 Å². The van der Waals surface area contributed by atoms with E-state index in [1.54, 1.807) is 36.7 Å². The van der Waals surface area contributed by atoms with Crippen molar-refractivity contribution in [3.05, 3.63) is 42.2 Å². The van der Waals surface area contributed by atoms with E-state index in [4.69, 9.17) is 14.5 Å². The van der Waals surface area contributed by atoms with E-state index >= 15 is 0 Å². The molecule has 0 spiro atoms. The van der Waals surface area contributed by atoms with Crippen LogP contribution in [-0.2, 0) is 9.45 Å². The molecule has 0 saturated heterocycles. The van der Waals surface area contributed by atoms with Crippen LogP contribution in [0.1, 0.15) is 24.5 Å². The fraction of sp³-hybridized carbons (Fsp3) is 0.214. The molecular formula is C14H13BN2O5. The van der Waals surface area contributed by atoms with Crippen LogP contribution < -0.4 is 10.2 Å². The predicted molar refractivity (Wildman–Crippen MR) is 76.9 cm³/mol. The number of rotatable bonds is 5. The molecule has 2 N–H and O–H groups in total. The van der Waals surface area contributed by atoms with Crippen molar-refractivity contribution < 1.29 is 24.3 Å². The molecule has 1 unspecified atom stereocenters. The van der Waals surface area contributed by atoms with Crippen molar-refractivity contribution >= 4 is 18.6 Å². The second-order valence-electron chi connectivity index (χ2n) is 4.83. The average Bonchev–Trinajstić information content (AvgIpc) is 2.82. The van der Waals surface area contributed by atoms with Crippen molar-refractivity contribution in [3.8, 4) is 11.8 Å². The van der Waals surface area contributed by atoms with Crippen LogP contribution in [0.15, 0.2) is 36.7 Å². The first-order chi connectivity index (χ1) is 10.6. The van der Waals surface area contributed by atoms with E-state index in [9.17, 15) is 9.82 Å². The average molecular weight is 300 g/mol. The highest BCUT2D eigenvalue weighted by molar-refractivity contribution is 6.61. The van der Waals surface area contributed by atoms with Crippen LogP contribution in [0.4, 0.5) is 0 Å². The van der Waals surface area contributed by atoms with Crippen molar-refractivity contribution in [3.63, 3.8) is 0 Å². The van der Waals surface area contributed by atoms with E-state index in [1.807, 2.05) is 0 Å². The lowest BCUT2D eigenvalue weighted by Crippen LogP contribution is -2.28. The van der Waals surface area contributed by atoms with Crippen molar-refractivity contribution in [2.24, 2.45) is 0 Å². The first-order valence-corrected chi connectivity index (χ1v) is 6.77. The largest absolute Gasteiger partial charge is 0.492 e. The van der Waals surface area contributed by atoms with Crippen LogP contribution in [0, 0.1) is 0 Å². The molecule has 1 aromatic heterocycles. The number of carboxylic acid groups (broad SMARTS) is 1. The number of benzene rings is 1. The molecule has 1 aliphatic rings.